The van der Waals surface area contributed by atoms with Crippen LogP contribution in [0.2, 0.25) is 0 Å². The Morgan fingerprint density at radius 2 is 0.680 bits per heavy atom. The molecule has 0 rings (SSSR count). The lowest BCUT2D eigenvalue weighted by Crippen LogP contribution is -2.69. The predicted molar refractivity (Wildman–Crippen MR) is 119 cm³/mol. The minimum atomic E-state index is -2.95. The van der Waals surface area contributed by atoms with Crippen LogP contribution in [0.25, 0.3) is 0 Å². The molecule has 25 heavy (non-hydrogen) atoms. The van der Waals surface area contributed by atoms with Crippen molar-refractivity contribution in [2.24, 2.45) is 0 Å². The SMILES string of the molecule is OC(Cl)C(Cl)(Cl)C(Cl)(Cl)C(Cl)(Cl)C(Cl)(Cl)C(Cl)(Cl)C(Cl)(Cl)C(Cl)(Cl)Cl. The van der Waals surface area contributed by atoms with Crippen LogP contribution in [0.1, 0.15) is 0 Å². The smallest absolute Gasteiger partial charge is 0.226 e. The first-order valence-electron chi connectivity index (χ1n) is 5.10. The van der Waals surface area contributed by atoms with Gasteiger partial charge in [0.1, 0.15) is 0 Å². The zero-order valence-corrected chi connectivity index (χ0v) is 22.7. The highest BCUT2D eigenvalue weighted by Gasteiger charge is 2.79. The summed E-state index contributed by atoms with van der Waals surface area (Å²) >= 11 is 94.2. The number of aliphatic hydroxyl groups is 1. The lowest BCUT2D eigenvalue weighted by atomic mass is 10.0. The van der Waals surface area contributed by atoms with Gasteiger partial charge < -0.3 is 5.11 Å². The zero-order chi connectivity index (χ0) is 21.1. The molecular formula is C8H2Cl16O. The Kier molecular flexibility index (Phi) is 10.5. The molecule has 0 aliphatic rings. The van der Waals surface area contributed by atoms with Gasteiger partial charge in [0, 0.05) is 0 Å². The third-order valence-electron chi connectivity index (χ3n) is 2.65. The summed E-state index contributed by atoms with van der Waals surface area (Å²) < 4.78 is -19.7. The summed E-state index contributed by atoms with van der Waals surface area (Å²) in [5.41, 5.74) is -2.13. The third-order valence-corrected chi connectivity index (χ3v) is 13.2. The van der Waals surface area contributed by atoms with E-state index in [1.807, 2.05) is 0 Å². The quantitative estimate of drug-likeness (QED) is 0.278. The summed E-state index contributed by atoms with van der Waals surface area (Å²) in [5.74, 6) is 0. The molecule has 17 heteroatoms. The van der Waals surface area contributed by atoms with E-state index in [0.29, 0.717) is 0 Å². The molecule has 0 saturated heterocycles. The number of aliphatic hydroxyl groups excluding tert-OH is 1. The molecule has 1 nitrogen and oxygen atoms in total. The Morgan fingerprint density at radius 3 is 0.920 bits per heavy atom. The van der Waals surface area contributed by atoms with E-state index < -0.39 is 35.4 Å². The van der Waals surface area contributed by atoms with Crippen LogP contribution < -0.4 is 0 Å². The fourth-order valence-electron chi connectivity index (χ4n) is 1.13. The van der Waals surface area contributed by atoms with Crippen molar-refractivity contribution >= 4 is 186 Å². The van der Waals surface area contributed by atoms with Gasteiger partial charge in [-0.25, -0.2) is 0 Å². The molecule has 0 aliphatic carbocycles. The van der Waals surface area contributed by atoms with Crippen molar-refractivity contribution in [2.75, 3.05) is 0 Å². The Labute approximate surface area is 223 Å². The second-order valence-electron chi connectivity index (χ2n) is 4.33. The van der Waals surface area contributed by atoms with E-state index in [-0.39, 0.29) is 0 Å². The number of hydrogen-bond acceptors (Lipinski definition) is 1. The summed E-state index contributed by atoms with van der Waals surface area (Å²) in [6.07, 6.45) is 0. The van der Waals surface area contributed by atoms with Gasteiger partial charge in [-0.1, -0.05) is 186 Å². The first-order chi connectivity index (χ1) is 10.4. The molecular weight excluding hydrogens is 679 g/mol. The Bertz CT molecular complexity index is 487. The van der Waals surface area contributed by atoms with Gasteiger partial charge in [0.05, 0.1) is 0 Å². The average Bonchev–Trinajstić information content (AvgIpc) is 2.35. The topological polar surface area (TPSA) is 20.2 Å². The molecule has 152 valence electrons. The highest BCUT2D eigenvalue weighted by molar-refractivity contribution is 6.82. The van der Waals surface area contributed by atoms with Gasteiger partial charge in [-0.15, -0.1) is 0 Å². The zero-order valence-electron chi connectivity index (χ0n) is 10.6. The van der Waals surface area contributed by atoms with Gasteiger partial charge in [0.2, 0.25) is 8.13 Å². The van der Waals surface area contributed by atoms with E-state index in [9.17, 15) is 5.11 Å². The monoisotopic (exact) mass is 674 g/mol. The lowest BCUT2D eigenvalue weighted by Gasteiger charge is -2.52. The fourth-order valence-corrected chi connectivity index (χ4v) is 5.67. The molecule has 0 bridgehead atoms. The molecule has 0 aromatic rings. The van der Waals surface area contributed by atoms with E-state index in [4.69, 9.17) is 186 Å². The van der Waals surface area contributed by atoms with E-state index in [2.05, 4.69) is 0 Å². The van der Waals surface area contributed by atoms with E-state index in [0.717, 1.165) is 0 Å². The van der Waals surface area contributed by atoms with Crippen molar-refractivity contribution < 1.29 is 5.11 Å². The number of halogens is 16. The van der Waals surface area contributed by atoms with Crippen molar-refractivity contribution in [3.63, 3.8) is 0 Å². The minimum absolute atomic E-state index is 2.13. The van der Waals surface area contributed by atoms with Crippen molar-refractivity contribution in [2.45, 2.75) is 35.4 Å². The van der Waals surface area contributed by atoms with Crippen LogP contribution in [0, 0.1) is 0 Å². The molecule has 1 N–H and O–H groups in total. The van der Waals surface area contributed by atoms with Gasteiger partial charge in [0.25, 0.3) is 0 Å². The van der Waals surface area contributed by atoms with Gasteiger partial charge in [-0.2, -0.15) is 0 Å². The van der Waals surface area contributed by atoms with Crippen LogP contribution in [0.3, 0.4) is 0 Å². The molecule has 0 saturated carbocycles. The predicted octanol–water partition coefficient (Wildman–Crippen LogP) is 8.96. The maximum Gasteiger partial charge on any atom is 0.226 e. The second-order valence-corrected chi connectivity index (χ2v) is 15.0. The van der Waals surface area contributed by atoms with Crippen molar-refractivity contribution in [3.8, 4) is 0 Å². The molecule has 1 atom stereocenters. The maximum absolute atomic E-state index is 9.48. The molecule has 0 heterocycles. The van der Waals surface area contributed by atoms with Crippen LogP contribution in [0.15, 0.2) is 0 Å². The number of hydrogen-bond donors (Lipinski definition) is 1. The lowest BCUT2D eigenvalue weighted by molar-refractivity contribution is 0.221. The van der Waals surface area contributed by atoms with E-state index in [1.165, 1.54) is 0 Å². The molecule has 0 amide bonds. The maximum atomic E-state index is 9.48. The summed E-state index contributed by atoms with van der Waals surface area (Å²) in [5, 5.41) is 9.48. The molecule has 0 spiro atoms. The highest BCUT2D eigenvalue weighted by atomic mass is 35.6. The normalized spacial score (nSPS) is 17.6. The Balaban J connectivity index is 6.50. The number of alkyl halides is 16. The van der Waals surface area contributed by atoms with E-state index >= 15 is 0 Å². The number of rotatable bonds is 6. The summed E-state index contributed by atoms with van der Waals surface area (Å²) in [7, 11) is 0. The molecule has 1 unspecified atom stereocenters. The Morgan fingerprint density at radius 1 is 0.440 bits per heavy atom. The average molecular weight is 681 g/mol. The summed E-state index contributed by atoms with van der Waals surface area (Å²) in [6.45, 7) is 0. The summed E-state index contributed by atoms with van der Waals surface area (Å²) in [4.78, 5) is 0. The molecule has 0 fully saturated rings. The van der Waals surface area contributed by atoms with Gasteiger partial charge in [-0.3, -0.25) is 0 Å². The van der Waals surface area contributed by atoms with E-state index in [1.54, 1.807) is 0 Å². The fraction of sp³-hybridized carbons (Fsp3) is 1.00. The van der Waals surface area contributed by atoms with Crippen LogP contribution in [-0.4, -0.2) is 40.5 Å². The minimum Gasteiger partial charge on any atom is -0.374 e. The first-order valence-corrected chi connectivity index (χ1v) is 11.2. The summed E-state index contributed by atoms with van der Waals surface area (Å²) in [6, 6.07) is 0. The van der Waals surface area contributed by atoms with Crippen LogP contribution in [0.4, 0.5) is 0 Å². The van der Waals surface area contributed by atoms with Crippen molar-refractivity contribution in [1.82, 2.24) is 0 Å². The first kappa shape index (κ1) is 29.6. The molecule has 0 aliphatic heterocycles. The molecule has 0 aromatic carbocycles. The standard InChI is InChI=1S/C8H2Cl16O/c9-1(25)2(10,11)3(12,13)4(14,15)5(16,17)6(18,19)7(20,21)8(22,23)24/h1,25H. The third kappa shape index (κ3) is 4.85. The van der Waals surface area contributed by atoms with Crippen LogP contribution in [-0.2, 0) is 0 Å². The van der Waals surface area contributed by atoms with Crippen molar-refractivity contribution in [1.29, 1.82) is 0 Å². The molecule has 0 aromatic heterocycles. The highest BCUT2D eigenvalue weighted by Crippen LogP contribution is 2.71. The van der Waals surface area contributed by atoms with Gasteiger partial charge in [0.15, 0.2) is 27.2 Å². The molecule has 0 radical (unpaired) electrons. The Hall–Kier alpha value is 4.60. The van der Waals surface area contributed by atoms with Gasteiger partial charge in [-0.05, 0) is 0 Å². The van der Waals surface area contributed by atoms with Gasteiger partial charge >= 0.3 is 0 Å². The largest absolute Gasteiger partial charge is 0.374 e. The van der Waals surface area contributed by atoms with Crippen molar-refractivity contribution in [3.05, 3.63) is 0 Å². The van der Waals surface area contributed by atoms with Crippen LogP contribution in [0.5, 0.6) is 0 Å². The van der Waals surface area contributed by atoms with Crippen LogP contribution >= 0.6 is 186 Å². The second kappa shape index (κ2) is 8.86.